The van der Waals surface area contributed by atoms with Gasteiger partial charge in [0.25, 0.3) is 0 Å². The van der Waals surface area contributed by atoms with Crippen LogP contribution in [0, 0.1) is 6.92 Å². The molecule has 0 radical (unpaired) electrons. The Hall–Kier alpha value is -2.30. The molecule has 0 aromatic heterocycles. The molecule has 1 aliphatic rings. The van der Waals surface area contributed by atoms with E-state index in [1.54, 1.807) is 7.05 Å². The Balaban J connectivity index is 2.31. The fraction of sp³-hybridized carbons (Fsp3) is 0.375. The van der Waals surface area contributed by atoms with E-state index in [0.717, 1.165) is 29.0 Å². The number of carbonyl (C=O) groups excluding carboxylic acids is 2. The van der Waals surface area contributed by atoms with Crippen molar-refractivity contribution in [3.05, 3.63) is 36.2 Å². The highest BCUT2D eigenvalue weighted by molar-refractivity contribution is 5.88. The van der Waals surface area contributed by atoms with Crippen LogP contribution in [0.15, 0.2) is 30.6 Å². The summed E-state index contributed by atoms with van der Waals surface area (Å²) in [7, 11) is 3.54. The third-order valence-electron chi connectivity index (χ3n) is 3.91. The van der Waals surface area contributed by atoms with Gasteiger partial charge in [-0.3, -0.25) is 4.79 Å². The molecule has 1 amide bonds. The number of carbonyl (C=O) groups is 2. The van der Waals surface area contributed by atoms with E-state index in [1.165, 1.54) is 0 Å². The highest BCUT2D eigenvalue weighted by Gasteiger charge is 2.33. The van der Waals surface area contributed by atoms with Gasteiger partial charge in [-0.1, -0.05) is 18.7 Å². The van der Waals surface area contributed by atoms with Crippen molar-refractivity contribution in [1.82, 2.24) is 5.32 Å². The first-order chi connectivity index (χ1) is 10.0. The van der Waals surface area contributed by atoms with Crippen LogP contribution in [0.25, 0.3) is 0 Å². The van der Waals surface area contributed by atoms with Gasteiger partial charge in [-0.25, -0.2) is 0 Å². The van der Waals surface area contributed by atoms with E-state index in [1.807, 2.05) is 42.0 Å². The van der Waals surface area contributed by atoms with E-state index in [4.69, 9.17) is 0 Å². The molecule has 0 spiro atoms. The summed E-state index contributed by atoms with van der Waals surface area (Å²) in [6, 6.07) is 5.59. The van der Waals surface area contributed by atoms with E-state index in [2.05, 4.69) is 11.9 Å². The molecular weight excluding hydrogens is 266 g/mol. The van der Waals surface area contributed by atoms with Crippen LogP contribution in [0.3, 0.4) is 0 Å². The second kappa shape index (κ2) is 5.99. The van der Waals surface area contributed by atoms with Gasteiger partial charge in [0.1, 0.15) is 12.1 Å². The van der Waals surface area contributed by atoms with Gasteiger partial charge in [-0.2, -0.15) is 0 Å². The predicted octanol–water partition coefficient (Wildman–Crippen LogP) is 1.82. The van der Waals surface area contributed by atoms with Crippen molar-refractivity contribution in [3.63, 3.8) is 0 Å². The van der Waals surface area contributed by atoms with Gasteiger partial charge in [-0.05, 0) is 25.0 Å². The lowest BCUT2D eigenvalue weighted by atomic mass is 10.1. The molecule has 1 atom stereocenters. The summed E-state index contributed by atoms with van der Waals surface area (Å²) >= 11 is 0. The molecule has 1 aliphatic heterocycles. The summed E-state index contributed by atoms with van der Waals surface area (Å²) in [6.07, 6.45) is 1.66. The zero-order valence-electron chi connectivity index (χ0n) is 12.7. The van der Waals surface area contributed by atoms with Gasteiger partial charge in [0, 0.05) is 20.5 Å². The first kappa shape index (κ1) is 15.1. The molecule has 0 fully saturated rings. The monoisotopic (exact) mass is 287 g/mol. The second-order valence-corrected chi connectivity index (χ2v) is 5.20. The summed E-state index contributed by atoms with van der Waals surface area (Å²) in [4.78, 5) is 26.8. The molecule has 1 aromatic rings. The van der Waals surface area contributed by atoms with Crippen LogP contribution in [-0.2, 0) is 9.59 Å². The van der Waals surface area contributed by atoms with Crippen molar-refractivity contribution in [2.24, 2.45) is 0 Å². The van der Waals surface area contributed by atoms with Crippen LogP contribution in [0.5, 0.6) is 0 Å². The number of hydrogen-bond acceptors (Lipinski definition) is 4. The summed E-state index contributed by atoms with van der Waals surface area (Å²) in [5.41, 5.74) is 3.17. The lowest BCUT2D eigenvalue weighted by molar-refractivity contribution is -0.120. The quantitative estimate of drug-likeness (QED) is 0.839. The van der Waals surface area contributed by atoms with Crippen molar-refractivity contribution >= 4 is 23.6 Å². The summed E-state index contributed by atoms with van der Waals surface area (Å²) in [6.45, 7) is 6.12. The zero-order chi connectivity index (χ0) is 15.6. The molecule has 5 heteroatoms. The molecule has 1 N–H and O–H groups in total. The van der Waals surface area contributed by atoms with Crippen LogP contribution in [0.2, 0.25) is 0 Å². The van der Waals surface area contributed by atoms with Crippen molar-refractivity contribution in [2.45, 2.75) is 25.8 Å². The fourth-order valence-corrected chi connectivity index (χ4v) is 2.74. The molecule has 0 saturated heterocycles. The largest absolute Gasteiger partial charge is 0.359 e. The van der Waals surface area contributed by atoms with Crippen molar-refractivity contribution in [1.29, 1.82) is 0 Å². The molecular formula is C16H21N3O2. The van der Waals surface area contributed by atoms with Gasteiger partial charge in [0.15, 0.2) is 0 Å². The maximum Gasteiger partial charge on any atom is 0.219 e. The number of hydrogen-bond donors (Lipinski definition) is 1. The normalized spacial score (nSPS) is 14.9. The molecule has 5 nitrogen and oxygen atoms in total. The summed E-state index contributed by atoms with van der Waals surface area (Å²) in [5.74, 6) is 0.692. The number of aldehydes is 1. The zero-order valence-corrected chi connectivity index (χ0v) is 12.7. The Labute approximate surface area is 125 Å². The minimum atomic E-state index is -0.389. The Kier molecular flexibility index (Phi) is 4.31. The predicted molar refractivity (Wildman–Crippen MR) is 84.4 cm³/mol. The first-order valence-corrected chi connectivity index (χ1v) is 6.98. The second-order valence-electron chi connectivity index (χ2n) is 5.20. The highest BCUT2D eigenvalue weighted by Crippen LogP contribution is 2.43. The standard InChI is InChI=1S/C16H21N3O2/c1-11-6-5-7-14-16(11)18(4)12(2)19(14)13(10-20)8-9-15(21)17-3/h5-7,10,13H,2,8-9H2,1,3-4H3,(H,17,21). The van der Waals surface area contributed by atoms with Gasteiger partial charge in [0.05, 0.1) is 17.4 Å². The van der Waals surface area contributed by atoms with Gasteiger partial charge < -0.3 is 19.9 Å². The summed E-state index contributed by atoms with van der Waals surface area (Å²) in [5, 5.41) is 2.58. The maximum absolute atomic E-state index is 11.5. The van der Waals surface area contributed by atoms with Crippen LogP contribution >= 0.6 is 0 Å². The van der Waals surface area contributed by atoms with Crippen molar-refractivity contribution < 1.29 is 9.59 Å². The number of benzene rings is 1. The molecule has 1 aromatic carbocycles. The van der Waals surface area contributed by atoms with E-state index < -0.39 is 0 Å². The molecule has 1 heterocycles. The van der Waals surface area contributed by atoms with Crippen LogP contribution in [0.1, 0.15) is 18.4 Å². The van der Waals surface area contributed by atoms with Crippen LogP contribution in [-0.4, -0.2) is 32.3 Å². The average Bonchev–Trinajstić information content (AvgIpc) is 2.73. The Bertz CT molecular complexity index is 583. The summed E-state index contributed by atoms with van der Waals surface area (Å²) < 4.78 is 0. The number of anilines is 2. The minimum Gasteiger partial charge on any atom is -0.359 e. The smallest absolute Gasteiger partial charge is 0.219 e. The van der Waals surface area contributed by atoms with Gasteiger partial charge in [0.2, 0.25) is 5.91 Å². The van der Waals surface area contributed by atoms with Crippen LogP contribution < -0.4 is 15.1 Å². The molecule has 2 rings (SSSR count). The number of rotatable bonds is 5. The van der Waals surface area contributed by atoms with Crippen molar-refractivity contribution in [3.8, 4) is 0 Å². The number of nitrogens with zero attached hydrogens (tertiary/aromatic N) is 2. The van der Waals surface area contributed by atoms with Gasteiger partial charge >= 0.3 is 0 Å². The molecule has 0 bridgehead atoms. The number of para-hydroxylation sites is 1. The molecule has 1 unspecified atom stereocenters. The number of amides is 1. The SMILES string of the molecule is C=C1N(C)c2c(C)cccc2N1C(C=O)CCC(=O)NC. The molecule has 21 heavy (non-hydrogen) atoms. The van der Waals surface area contributed by atoms with Crippen LogP contribution in [0.4, 0.5) is 11.4 Å². The topological polar surface area (TPSA) is 52.7 Å². The maximum atomic E-state index is 11.5. The number of nitrogens with one attached hydrogen (secondary N) is 1. The van der Waals surface area contributed by atoms with E-state index in [9.17, 15) is 9.59 Å². The van der Waals surface area contributed by atoms with Gasteiger partial charge in [-0.15, -0.1) is 0 Å². The molecule has 0 saturated carbocycles. The number of aryl methyl sites for hydroxylation is 1. The average molecular weight is 287 g/mol. The van der Waals surface area contributed by atoms with E-state index in [-0.39, 0.29) is 11.9 Å². The third-order valence-corrected chi connectivity index (χ3v) is 3.91. The Morgan fingerprint density at radius 2 is 2.19 bits per heavy atom. The van der Waals surface area contributed by atoms with E-state index in [0.29, 0.717) is 12.8 Å². The first-order valence-electron chi connectivity index (χ1n) is 6.98. The lowest BCUT2D eigenvalue weighted by Crippen LogP contribution is -2.37. The van der Waals surface area contributed by atoms with E-state index >= 15 is 0 Å². The third kappa shape index (κ3) is 2.63. The number of fused-ring (bicyclic) bond motifs is 1. The Morgan fingerprint density at radius 3 is 2.81 bits per heavy atom. The Morgan fingerprint density at radius 1 is 1.48 bits per heavy atom. The molecule has 112 valence electrons. The lowest BCUT2D eigenvalue weighted by Gasteiger charge is -2.27. The minimum absolute atomic E-state index is 0.0653. The van der Waals surface area contributed by atoms with Crippen molar-refractivity contribution in [2.75, 3.05) is 23.9 Å². The fourth-order valence-electron chi connectivity index (χ4n) is 2.74. The highest BCUT2D eigenvalue weighted by atomic mass is 16.1. The molecule has 0 aliphatic carbocycles.